The summed E-state index contributed by atoms with van der Waals surface area (Å²) in [5.41, 5.74) is -0.310. The number of ether oxygens (including phenoxy) is 1. The van der Waals surface area contributed by atoms with Gasteiger partial charge >= 0.3 is 0 Å². The molecule has 0 aromatic carbocycles. The van der Waals surface area contributed by atoms with Crippen LogP contribution < -0.4 is 5.32 Å². The molecule has 0 saturated carbocycles. The second-order valence-electron chi connectivity index (χ2n) is 3.81. The van der Waals surface area contributed by atoms with Gasteiger partial charge in [0.1, 0.15) is 0 Å². The molecule has 0 unspecified atom stereocenters. The molecule has 0 radical (unpaired) electrons. The summed E-state index contributed by atoms with van der Waals surface area (Å²) in [6, 6.07) is 0. The average Bonchev–Trinajstić information content (AvgIpc) is 2.02. The first-order valence-corrected chi connectivity index (χ1v) is 5.52. The van der Waals surface area contributed by atoms with Crippen molar-refractivity contribution in [1.29, 1.82) is 0 Å². The van der Waals surface area contributed by atoms with Crippen LogP contribution in [-0.4, -0.2) is 31.0 Å². The van der Waals surface area contributed by atoms with Crippen LogP contribution in [0.2, 0.25) is 0 Å². The predicted molar refractivity (Wildman–Crippen MR) is 57.1 cm³/mol. The molecular formula is C9H18BrNO2. The molecule has 0 heterocycles. The molecule has 0 bridgehead atoms. The van der Waals surface area contributed by atoms with E-state index >= 15 is 0 Å². The van der Waals surface area contributed by atoms with E-state index in [4.69, 9.17) is 4.74 Å². The van der Waals surface area contributed by atoms with Crippen molar-refractivity contribution < 1.29 is 9.53 Å². The third-order valence-electron chi connectivity index (χ3n) is 1.43. The van der Waals surface area contributed by atoms with Gasteiger partial charge in [0.15, 0.2) is 0 Å². The normalized spacial score (nSPS) is 11.4. The van der Waals surface area contributed by atoms with Gasteiger partial charge in [-0.15, -0.1) is 0 Å². The van der Waals surface area contributed by atoms with Gasteiger partial charge in [-0.2, -0.15) is 0 Å². The molecule has 13 heavy (non-hydrogen) atoms. The molecule has 0 fully saturated rings. The van der Waals surface area contributed by atoms with E-state index in [1.54, 1.807) is 0 Å². The fraction of sp³-hybridized carbons (Fsp3) is 0.889. The van der Waals surface area contributed by atoms with Gasteiger partial charge in [-0.3, -0.25) is 4.79 Å². The Morgan fingerprint density at radius 3 is 2.46 bits per heavy atom. The number of rotatable bonds is 5. The second kappa shape index (κ2) is 6.38. The van der Waals surface area contributed by atoms with E-state index in [-0.39, 0.29) is 11.3 Å². The van der Waals surface area contributed by atoms with Crippen LogP contribution in [-0.2, 0) is 9.53 Å². The van der Waals surface area contributed by atoms with Gasteiger partial charge < -0.3 is 10.1 Å². The first-order valence-electron chi connectivity index (χ1n) is 4.40. The molecule has 0 atom stereocenters. The standard InChI is InChI=1S/C9H18BrNO2/c1-9(2,3)8(12)11-5-7-13-6-4-10/h4-7H2,1-3H3,(H,11,12). The maximum atomic E-state index is 11.3. The van der Waals surface area contributed by atoms with Gasteiger partial charge in [0.05, 0.1) is 13.2 Å². The Kier molecular flexibility index (Phi) is 6.33. The van der Waals surface area contributed by atoms with Gasteiger partial charge in [0, 0.05) is 17.3 Å². The maximum absolute atomic E-state index is 11.3. The molecule has 0 aliphatic heterocycles. The molecular weight excluding hydrogens is 234 g/mol. The van der Waals surface area contributed by atoms with Gasteiger partial charge in [0.25, 0.3) is 0 Å². The third kappa shape index (κ3) is 7.02. The summed E-state index contributed by atoms with van der Waals surface area (Å²) in [6.07, 6.45) is 0. The van der Waals surface area contributed by atoms with Crippen LogP contribution in [0.1, 0.15) is 20.8 Å². The van der Waals surface area contributed by atoms with E-state index in [9.17, 15) is 4.79 Å². The Hall–Kier alpha value is -0.0900. The van der Waals surface area contributed by atoms with Crippen molar-refractivity contribution in [3.63, 3.8) is 0 Å². The van der Waals surface area contributed by atoms with Gasteiger partial charge in [0.2, 0.25) is 5.91 Å². The lowest BCUT2D eigenvalue weighted by molar-refractivity contribution is -0.128. The van der Waals surface area contributed by atoms with Crippen LogP contribution in [0.4, 0.5) is 0 Å². The summed E-state index contributed by atoms with van der Waals surface area (Å²) in [5.74, 6) is 0.0648. The van der Waals surface area contributed by atoms with Crippen LogP contribution in [0.25, 0.3) is 0 Å². The van der Waals surface area contributed by atoms with Crippen molar-refractivity contribution in [2.75, 3.05) is 25.1 Å². The maximum Gasteiger partial charge on any atom is 0.225 e. The average molecular weight is 252 g/mol. The van der Waals surface area contributed by atoms with E-state index in [0.29, 0.717) is 19.8 Å². The Balaban J connectivity index is 3.38. The third-order valence-corrected chi connectivity index (χ3v) is 1.76. The number of hydrogen-bond donors (Lipinski definition) is 1. The smallest absolute Gasteiger partial charge is 0.225 e. The predicted octanol–water partition coefficient (Wildman–Crippen LogP) is 1.56. The van der Waals surface area contributed by atoms with Crippen molar-refractivity contribution >= 4 is 21.8 Å². The number of amides is 1. The fourth-order valence-corrected chi connectivity index (χ4v) is 0.887. The zero-order valence-electron chi connectivity index (χ0n) is 8.52. The minimum absolute atomic E-state index is 0.0648. The van der Waals surface area contributed by atoms with Crippen LogP contribution in [0, 0.1) is 5.41 Å². The monoisotopic (exact) mass is 251 g/mol. The van der Waals surface area contributed by atoms with Crippen molar-refractivity contribution in [3.05, 3.63) is 0 Å². The zero-order chi connectivity index (χ0) is 10.3. The number of carbonyl (C=O) groups is 1. The van der Waals surface area contributed by atoms with Gasteiger partial charge in [-0.1, -0.05) is 36.7 Å². The number of hydrogen-bond acceptors (Lipinski definition) is 2. The van der Waals surface area contributed by atoms with Crippen molar-refractivity contribution in [2.45, 2.75) is 20.8 Å². The van der Waals surface area contributed by atoms with Crippen molar-refractivity contribution in [1.82, 2.24) is 5.32 Å². The number of carbonyl (C=O) groups excluding carboxylic acids is 1. The minimum Gasteiger partial charge on any atom is -0.379 e. The van der Waals surface area contributed by atoms with Crippen molar-refractivity contribution in [2.24, 2.45) is 5.41 Å². The molecule has 1 amide bonds. The molecule has 0 saturated heterocycles. The molecule has 3 nitrogen and oxygen atoms in total. The van der Waals surface area contributed by atoms with E-state index in [0.717, 1.165) is 5.33 Å². The van der Waals surface area contributed by atoms with Gasteiger partial charge in [-0.05, 0) is 0 Å². The highest BCUT2D eigenvalue weighted by Crippen LogP contribution is 2.11. The largest absolute Gasteiger partial charge is 0.379 e. The molecule has 0 aromatic heterocycles. The molecule has 0 aliphatic carbocycles. The molecule has 0 spiro atoms. The lowest BCUT2D eigenvalue weighted by atomic mass is 9.96. The van der Waals surface area contributed by atoms with E-state index in [2.05, 4.69) is 21.2 Å². The van der Waals surface area contributed by atoms with E-state index in [1.165, 1.54) is 0 Å². The van der Waals surface area contributed by atoms with Crippen molar-refractivity contribution in [3.8, 4) is 0 Å². The summed E-state index contributed by atoms with van der Waals surface area (Å²) in [5, 5.41) is 3.64. The lowest BCUT2D eigenvalue weighted by Crippen LogP contribution is -2.36. The van der Waals surface area contributed by atoms with Crippen LogP contribution in [0.3, 0.4) is 0 Å². The first kappa shape index (κ1) is 12.9. The highest BCUT2D eigenvalue weighted by Gasteiger charge is 2.19. The quantitative estimate of drug-likeness (QED) is 0.595. The molecule has 1 N–H and O–H groups in total. The topological polar surface area (TPSA) is 38.3 Å². The molecule has 0 aliphatic rings. The lowest BCUT2D eigenvalue weighted by Gasteiger charge is -2.17. The summed E-state index contributed by atoms with van der Waals surface area (Å²) < 4.78 is 5.18. The molecule has 0 aromatic rings. The minimum atomic E-state index is -0.310. The highest BCUT2D eigenvalue weighted by molar-refractivity contribution is 9.09. The molecule has 78 valence electrons. The Labute approximate surface area is 88.4 Å². The second-order valence-corrected chi connectivity index (χ2v) is 4.60. The number of halogens is 1. The Morgan fingerprint density at radius 1 is 1.38 bits per heavy atom. The van der Waals surface area contributed by atoms with E-state index in [1.807, 2.05) is 20.8 Å². The molecule has 4 heteroatoms. The number of nitrogens with one attached hydrogen (secondary N) is 1. The Bertz CT molecular complexity index is 154. The van der Waals surface area contributed by atoms with E-state index < -0.39 is 0 Å². The van der Waals surface area contributed by atoms with Crippen LogP contribution in [0.5, 0.6) is 0 Å². The number of alkyl halides is 1. The SMILES string of the molecule is CC(C)(C)C(=O)NCCOCCBr. The van der Waals surface area contributed by atoms with Gasteiger partial charge in [-0.25, -0.2) is 0 Å². The molecule has 0 rings (SSSR count). The Morgan fingerprint density at radius 2 is 2.00 bits per heavy atom. The summed E-state index contributed by atoms with van der Waals surface area (Å²) in [7, 11) is 0. The van der Waals surface area contributed by atoms with Crippen LogP contribution >= 0.6 is 15.9 Å². The fourth-order valence-electron chi connectivity index (χ4n) is 0.659. The van der Waals surface area contributed by atoms with Crippen LogP contribution in [0.15, 0.2) is 0 Å². The first-order chi connectivity index (χ1) is 5.98. The zero-order valence-corrected chi connectivity index (χ0v) is 10.1. The summed E-state index contributed by atoms with van der Waals surface area (Å²) in [6.45, 7) is 7.52. The summed E-state index contributed by atoms with van der Waals surface area (Å²) >= 11 is 3.25. The summed E-state index contributed by atoms with van der Waals surface area (Å²) in [4.78, 5) is 11.3. The highest BCUT2D eigenvalue weighted by atomic mass is 79.9.